The van der Waals surface area contributed by atoms with Crippen LogP contribution in [0.2, 0.25) is 0 Å². The molecule has 0 bridgehead atoms. The summed E-state index contributed by atoms with van der Waals surface area (Å²) in [5, 5.41) is 2.46. The maximum Gasteiger partial charge on any atom is 0.343 e. The van der Waals surface area contributed by atoms with Crippen LogP contribution in [0.5, 0.6) is 11.5 Å². The standard InChI is InChI=1S/C34H36N2O10/c1-19(2)31(38)45-28-21(4)44-34(41)25(18-43-33(40)24(28)17-22-9-7-6-8-10-22)36-30(37)27-29(26(42-5)15-16-35-27)46-32(39)23-13-11-20(3)12-14-23/h6-16,19,21,24-25,28H,17-18H2,1-5H3,(H,36,37). The van der Waals surface area contributed by atoms with Crippen molar-refractivity contribution in [2.75, 3.05) is 13.7 Å². The Morgan fingerprint density at radius 2 is 1.70 bits per heavy atom. The number of nitrogens with one attached hydrogen (secondary N) is 1. The molecule has 4 unspecified atom stereocenters. The predicted octanol–water partition coefficient (Wildman–Crippen LogP) is 3.63. The molecule has 1 N–H and O–H groups in total. The number of pyridine rings is 1. The fraction of sp³-hybridized carbons (Fsp3) is 0.353. The van der Waals surface area contributed by atoms with Gasteiger partial charge in [-0.3, -0.25) is 14.4 Å². The molecule has 0 saturated carbocycles. The molecule has 242 valence electrons. The first-order valence-corrected chi connectivity index (χ1v) is 14.7. The quantitative estimate of drug-likeness (QED) is 0.271. The van der Waals surface area contributed by atoms with Gasteiger partial charge in [-0.15, -0.1) is 0 Å². The number of cyclic esters (lactones) is 2. The molecule has 1 amide bonds. The third-order valence-electron chi connectivity index (χ3n) is 7.25. The van der Waals surface area contributed by atoms with E-state index >= 15 is 0 Å². The van der Waals surface area contributed by atoms with Gasteiger partial charge in [0.25, 0.3) is 5.91 Å². The third-order valence-corrected chi connectivity index (χ3v) is 7.25. The molecule has 2 heterocycles. The van der Waals surface area contributed by atoms with Crippen LogP contribution in [0.25, 0.3) is 0 Å². The van der Waals surface area contributed by atoms with E-state index in [0.717, 1.165) is 11.1 Å². The fourth-order valence-corrected chi connectivity index (χ4v) is 4.67. The van der Waals surface area contributed by atoms with Crippen LogP contribution in [0.1, 0.15) is 52.7 Å². The Morgan fingerprint density at radius 1 is 1.00 bits per heavy atom. The molecule has 1 saturated heterocycles. The van der Waals surface area contributed by atoms with Crippen molar-refractivity contribution < 1.29 is 47.7 Å². The van der Waals surface area contributed by atoms with E-state index in [-0.39, 0.29) is 29.2 Å². The topological polar surface area (TPSA) is 156 Å². The van der Waals surface area contributed by atoms with Gasteiger partial charge in [-0.2, -0.15) is 0 Å². The smallest absolute Gasteiger partial charge is 0.343 e. The highest BCUT2D eigenvalue weighted by atomic mass is 16.6. The summed E-state index contributed by atoms with van der Waals surface area (Å²) in [7, 11) is 1.32. The Hall–Kier alpha value is -5.26. The lowest BCUT2D eigenvalue weighted by Crippen LogP contribution is -2.47. The number of esters is 4. The van der Waals surface area contributed by atoms with Gasteiger partial charge in [0.15, 0.2) is 23.6 Å². The Bertz CT molecular complexity index is 1570. The Labute approximate surface area is 266 Å². The second kappa shape index (κ2) is 15.2. The maximum atomic E-state index is 13.5. The monoisotopic (exact) mass is 632 g/mol. The number of hydrogen-bond acceptors (Lipinski definition) is 11. The Morgan fingerprint density at radius 3 is 2.35 bits per heavy atom. The predicted molar refractivity (Wildman–Crippen MR) is 163 cm³/mol. The molecule has 3 aromatic rings. The number of carbonyl (C=O) groups excluding carboxylic acids is 5. The number of ether oxygens (including phenoxy) is 5. The zero-order valence-electron chi connectivity index (χ0n) is 26.2. The minimum atomic E-state index is -1.48. The number of nitrogens with zero attached hydrogens (tertiary/aromatic N) is 1. The van der Waals surface area contributed by atoms with Crippen LogP contribution in [0.3, 0.4) is 0 Å². The Balaban J connectivity index is 1.59. The van der Waals surface area contributed by atoms with Crippen LogP contribution in [0.4, 0.5) is 0 Å². The van der Waals surface area contributed by atoms with Crippen LogP contribution in [-0.4, -0.2) is 66.7 Å². The number of aryl methyl sites for hydroxylation is 1. The summed E-state index contributed by atoms with van der Waals surface area (Å²) >= 11 is 0. The maximum absolute atomic E-state index is 13.5. The van der Waals surface area contributed by atoms with Crippen molar-refractivity contribution in [3.63, 3.8) is 0 Å². The van der Waals surface area contributed by atoms with Crippen molar-refractivity contribution >= 4 is 29.8 Å². The molecule has 2 aromatic carbocycles. The highest BCUT2D eigenvalue weighted by Crippen LogP contribution is 2.31. The summed E-state index contributed by atoms with van der Waals surface area (Å²) in [6.45, 7) is 6.06. The molecular weight excluding hydrogens is 596 g/mol. The lowest BCUT2D eigenvalue weighted by molar-refractivity contribution is -0.176. The van der Waals surface area contributed by atoms with Crippen molar-refractivity contribution in [1.82, 2.24) is 10.3 Å². The van der Waals surface area contributed by atoms with Gasteiger partial charge in [-0.1, -0.05) is 61.9 Å². The van der Waals surface area contributed by atoms with Crippen molar-refractivity contribution in [2.45, 2.75) is 52.4 Å². The number of carbonyl (C=O) groups is 5. The molecule has 0 aliphatic carbocycles. The molecule has 4 rings (SSSR count). The third kappa shape index (κ3) is 8.26. The van der Waals surface area contributed by atoms with Crippen molar-refractivity contribution in [2.24, 2.45) is 11.8 Å². The summed E-state index contributed by atoms with van der Waals surface area (Å²) in [4.78, 5) is 69.9. The summed E-state index contributed by atoms with van der Waals surface area (Å²) < 4.78 is 27.7. The average Bonchev–Trinajstić information content (AvgIpc) is 3.07. The number of amides is 1. The highest BCUT2D eigenvalue weighted by molar-refractivity contribution is 6.00. The summed E-state index contributed by atoms with van der Waals surface area (Å²) in [6.07, 6.45) is -0.857. The van der Waals surface area contributed by atoms with Gasteiger partial charge in [-0.05, 0) is 38.0 Å². The highest BCUT2D eigenvalue weighted by Gasteiger charge is 2.42. The van der Waals surface area contributed by atoms with Crippen LogP contribution in [0.15, 0.2) is 66.9 Å². The molecule has 12 nitrogen and oxygen atoms in total. The number of benzene rings is 2. The minimum Gasteiger partial charge on any atom is -0.493 e. The summed E-state index contributed by atoms with van der Waals surface area (Å²) in [5.41, 5.74) is 1.57. The van der Waals surface area contributed by atoms with E-state index in [9.17, 15) is 24.0 Å². The Kier molecular flexibility index (Phi) is 11.1. The lowest BCUT2D eigenvalue weighted by Gasteiger charge is -2.29. The SMILES string of the molecule is COc1ccnc(C(=O)NC2COC(=O)C(Cc3ccccc3)C(OC(=O)C(C)C)C(C)OC2=O)c1OC(=O)c1ccc(C)cc1. The first-order valence-electron chi connectivity index (χ1n) is 14.7. The van der Waals surface area contributed by atoms with Gasteiger partial charge in [0.2, 0.25) is 5.75 Å². The minimum absolute atomic E-state index is 0.0382. The lowest BCUT2D eigenvalue weighted by atomic mass is 9.91. The van der Waals surface area contributed by atoms with E-state index in [1.165, 1.54) is 26.3 Å². The average molecular weight is 633 g/mol. The van der Waals surface area contributed by atoms with E-state index in [1.54, 1.807) is 50.2 Å². The molecule has 1 aliphatic heterocycles. The zero-order chi connectivity index (χ0) is 33.4. The van der Waals surface area contributed by atoms with Crippen molar-refractivity contribution in [3.05, 3.63) is 89.2 Å². The largest absolute Gasteiger partial charge is 0.493 e. The first-order chi connectivity index (χ1) is 22.0. The van der Waals surface area contributed by atoms with Crippen LogP contribution < -0.4 is 14.8 Å². The molecule has 46 heavy (non-hydrogen) atoms. The van der Waals surface area contributed by atoms with Crippen LogP contribution in [-0.2, 0) is 35.0 Å². The van der Waals surface area contributed by atoms with E-state index in [0.29, 0.717) is 0 Å². The number of aromatic nitrogens is 1. The first kappa shape index (κ1) is 33.6. The van der Waals surface area contributed by atoms with Gasteiger partial charge >= 0.3 is 23.9 Å². The molecule has 0 radical (unpaired) electrons. The van der Waals surface area contributed by atoms with Crippen LogP contribution >= 0.6 is 0 Å². The molecule has 1 aliphatic rings. The fourth-order valence-electron chi connectivity index (χ4n) is 4.67. The second-order valence-electron chi connectivity index (χ2n) is 11.1. The van der Waals surface area contributed by atoms with E-state index in [2.05, 4.69) is 10.3 Å². The van der Waals surface area contributed by atoms with E-state index in [4.69, 9.17) is 23.7 Å². The molecule has 4 atom stereocenters. The van der Waals surface area contributed by atoms with Gasteiger partial charge in [0.05, 0.1) is 18.6 Å². The number of methoxy groups -OCH3 is 1. The van der Waals surface area contributed by atoms with Crippen molar-refractivity contribution in [1.29, 1.82) is 0 Å². The summed E-state index contributed by atoms with van der Waals surface area (Å²) in [6, 6.07) is 15.6. The molecule has 1 fully saturated rings. The van der Waals surface area contributed by atoms with E-state index < -0.39 is 66.5 Å². The van der Waals surface area contributed by atoms with Gasteiger partial charge in [-0.25, -0.2) is 14.6 Å². The van der Waals surface area contributed by atoms with Gasteiger partial charge in [0, 0.05) is 12.3 Å². The second-order valence-corrected chi connectivity index (χ2v) is 11.1. The van der Waals surface area contributed by atoms with E-state index in [1.807, 2.05) is 25.1 Å². The normalized spacial score (nSPS) is 19.9. The molecular formula is C34H36N2O10. The zero-order valence-corrected chi connectivity index (χ0v) is 26.2. The van der Waals surface area contributed by atoms with Gasteiger partial charge < -0.3 is 29.0 Å². The number of hydrogen-bond donors (Lipinski definition) is 1. The number of rotatable bonds is 9. The van der Waals surface area contributed by atoms with Crippen LogP contribution in [0, 0.1) is 18.8 Å². The van der Waals surface area contributed by atoms with Gasteiger partial charge in [0.1, 0.15) is 18.6 Å². The molecule has 1 aromatic heterocycles. The molecule has 12 heteroatoms. The van der Waals surface area contributed by atoms with Crippen molar-refractivity contribution in [3.8, 4) is 11.5 Å². The molecule has 0 spiro atoms. The summed E-state index contributed by atoms with van der Waals surface area (Å²) in [5.74, 6) is -5.75.